The Kier molecular flexibility index (Phi) is 4.71. The smallest absolute Gasteiger partial charge is 0.311 e. The lowest BCUT2D eigenvalue weighted by Gasteiger charge is -2.33. The topological polar surface area (TPSA) is 78.7 Å². The summed E-state index contributed by atoms with van der Waals surface area (Å²) in [4.78, 5) is 27.9. The lowest BCUT2D eigenvalue weighted by Crippen LogP contribution is -2.52. The Hall–Kier alpha value is -2.67. The molecule has 136 valence electrons. The van der Waals surface area contributed by atoms with Crippen molar-refractivity contribution in [3.05, 3.63) is 42.2 Å². The fourth-order valence-electron chi connectivity index (χ4n) is 3.08. The van der Waals surface area contributed by atoms with E-state index in [1.54, 1.807) is 4.90 Å². The lowest BCUT2D eigenvalue weighted by molar-refractivity contribution is -0.147. The Morgan fingerprint density at radius 2 is 1.85 bits per heavy atom. The molecule has 2 aliphatic rings. The van der Waals surface area contributed by atoms with Crippen LogP contribution in [-0.2, 0) is 16.1 Å². The monoisotopic (exact) mass is 354 g/mol. The fourth-order valence-corrected chi connectivity index (χ4v) is 3.08. The Bertz CT molecular complexity index is 777. The number of carbonyl (C=O) groups excluding carboxylic acids is 2. The summed E-state index contributed by atoms with van der Waals surface area (Å²) in [5, 5.41) is 6.89. The van der Waals surface area contributed by atoms with Gasteiger partial charge in [0.2, 0.25) is 0 Å². The highest BCUT2D eigenvalue weighted by molar-refractivity contribution is 6.35. The van der Waals surface area contributed by atoms with Crippen LogP contribution in [0.15, 0.2) is 40.9 Å². The maximum Gasteiger partial charge on any atom is 0.311 e. The zero-order valence-electron chi connectivity index (χ0n) is 14.6. The van der Waals surface area contributed by atoms with Crippen molar-refractivity contribution in [3.63, 3.8) is 0 Å². The molecule has 1 saturated carbocycles. The van der Waals surface area contributed by atoms with Crippen LogP contribution in [-0.4, -0.2) is 59.0 Å². The number of hydrogen-bond acceptors (Lipinski definition) is 5. The van der Waals surface area contributed by atoms with E-state index in [4.69, 9.17) is 4.52 Å². The normalized spacial score (nSPS) is 17.9. The third-order valence-electron chi connectivity index (χ3n) is 4.77. The number of nitrogens with one attached hydrogen (secondary N) is 1. The average molecular weight is 354 g/mol. The van der Waals surface area contributed by atoms with Gasteiger partial charge in [-0.15, -0.1) is 0 Å². The highest BCUT2D eigenvalue weighted by Crippen LogP contribution is 2.20. The van der Waals surface area contributed by atoms with Crippen molar-refractivity contribution in [3.8, 4) is 11.3 Å². The van der Waals surface area contributed by atoms with Gasteiger partial charge >= 0.3 is 11.8 Å². The highest BCUT2D eigenvalue weighted by Gasteiger charge is 2.30. The van der Waals surface area contributed by atoms with Crippen LogP contribution in [0.5, 0.6) is 0 Å². The molecule has 2 amide bonds. The van der Waals surface area contributed by atoms with E-state index in [2.05, 4.69) is 15.4 Å². The minimum atomic E-state index is -0.469. The molecule has 4 rings (SSSR count). The van der Waals surface area contributed by atoms with E-state index in [1.807, 2.05) is 36.4 Å². The molecule has 7 nitrogen and oxygen atoms in total. The summed E-state index contributed by atoms with van der Waals surface area (Å²) in [6, 6.07) is 12.1. The third kappa shape index (κ3) is 3.94. The van der Waals surface area contributed by atoms with Gasteiger partial charge in [0.25, 0.3) is 0 Å². The molecular formula is C19H22N4O3. The van der Waals surface area contributed by atoms with Gasteiger partial charge in [0, 0.05) is 43.9 Å². The number of amides is 2. The second-order valence-corrected chi connectivity index (χ2v) is 6.86. The zero-order valence-corrected chi connectivity index (χ0v) is 14.6. The van der Waals surface area contributed by atoms with E-state index < -0.39 is 11.8 Å². The Labute approximate surface area is 151 Å². The summed E-state index contributed by atoms with van der Waals surface area (Å²) >= 11 is 0. The van der Waals surface area contributed by atoms with E-state index >= 15 is 0 Å². The maximum atomic E-state index is 12.2. The van der Waals surface area contributed by atoms with Crippen LogP contribution in [0, 0.1) is 0 Å². The molecule has 1 aromatic carbocycles. The molecule has 1 aliphatic heterocycles. The first-order valence-electron chi connectivity index (χ1n) is 9.02. The number of nitrogens with zero attached hydrogens (tertiary/aromatic N) is 3. The first-order chi connectivity index (χ1) is 12.7. The van der Waals surface area contributed by atoms with Gasteiger partial charge in [-0.25, -0.2) is 0 Å². The molecule has 1 aromatic heterocycles. The van der Waals surface area contributed by atoms with Gasteiger partial charge in [-0.3, -0.25) is 14.5 Å². The van der Waals surface area contributed by atoms with Crippen LogP contribution in [0.25, 0.3) is 11.3 Å². The summed E-state index contributed by atoms with van der Waals surface area (Å²) in [6.45, 7) is 3.18. The van der Waals surface area contributed by atoms with Gasteiger partial charge in [0.1, 0.15) is 5.69 Å². The van der Waals surface area contributed by atoms with Gasteiger partial charge in [-0.2, -0.15) is 0 Å². The SMILES string of the molecule is O=C(NC1CC1)C(=O)N1CCN(Cc2cc(-c3ccccc3)no2)CC1. The van der Waals surface area contributed by atoms with E-state index in [9.17, 15) is 9.59 Å². The molecular weight excluding hydrogens is 332 g/mol. The second-order valence-electron chi connectivity index (χ2n) is 6.86. The summed E-state index contributed by atoms with van der Waals surface area (Å²) < 4.78 is 5.45. The van der Waals surface area contributed by atoms with Crippen LogP contribution in [0.4, 0.5) is 0 Å². The van der Waals surface area contributed by atoms with E-state index in [1.165, 1.54) is 0 Å². The van der Waals surface area contributed by atoms with Crippen LogP contribution in [0.3, 0.4) is 0 Å². The number of carbonyl (C=O) groups is 2. The maximum absolute atomic E-state index is 12.2. The molecule has 1 N–H and O–H groups in total. The lowest BCUT2D eigenvalue weighted by atomic mass is 10.1. The summed E-state index contributed by atoms with van der Waals surface area (Å²) in [5.74, 6) is -0.0821. The molecule has 0 unspecified atom stereocenters. The summed E-state index contributed by atoms with van der Waals surface area (Å²) in [6.07, 6.45) is 1.96. The van der Waals surface area contributed by atoms with Gasteiger partial charge in [0.05, 0.1) is 6.54 Å². The summed E-state index contributed by atoms with van der Waals surface area (Å²) in [7, 11) is 0. The zero-order chi connectivity index (χ0) is 17.9. The fraction of sp³-hybridized carbons (Fsp3) is 0.421. The van der Waals surface area contributed by atoms with E-state index in [0.29, 0.717) is 32.7 Å². The van der Waals surface area contributed by atoms with Crippen molar-refractivity contribution < 1.29 is 14.1 Å². The molecule has 0 bridgehead atoms. The van der Waals surface area contributed by atoms with Gasteiger partial charge < -0.3 is 14.7 Å². The summed E-state index contributed by atoms with van der Waals surface area (Å²) in [5.41, 5.74) is 1.85. The molecule has 2 aromatic rings. The van der Waals surface area contributed by atoms with Crippen molar-refractivity contribution >= 4 is 11.8 Å². The van der Waals surface area contributed by atoms with Gasteiger partial charge in [-0.05, 0) is 12.8 Å². The number of rotatable bonds is 4. The van der Waals surface area contributed by atoms with Crippen molar-refractivity contribution in [1.29, 1.82) is 0 Å². The molecule has 7 heteroatoms. The minimum Gasteiger partial charge on any atom is -0.359 e. The van der Waals surface area contributed by atoms with Crippen LogP contribution in [0.1, 0.15) is 18.6 Å². The highest BCUT2D eigenvalue weighted by atomic mass is 16.5. The van der Waals surface area contributed by atoms with Crippen molar-refractivity contribution in [2.24, 2.45) is 0 Å². The van der Waals surface area contributed by atoms with E-state index in [0.717, 1.165) is 29.9 Å². The molecule has 2 fully saturated rings. The molecule has 0 atom stereocenters. The van der Waals surface area contributed by atoms with E-state index in [-0.39, 0.29) is 6.04 Å². The predicted octanol–water partition coefficient (Wildman–Crippen LogP) is 1.26. The van der Waals surface area contributed by atoms with Crippen LogP contribution >= 0.6 is 0 Å². The van der Waals surface area contributed by atoms with Crippen LogP contribution in [0.2, 0.25) is 0 Å². The predicted molar refractivity (Wildman–Crippen MR) is 95.0 cm³/mol. The number of aromatic nitrogens is 1. The first-order valence-corrected chi connectivity index (χ1v) is 9.02. The molecule has 1 saturated heterocycles. The van der Waals surface area contributed by atoms with Crippen molar-refractivity contribution in [2.75, 3.05) is 26.2 Å². The van der Waals surface area contributed by atoms with Gasteiger partial charge in [0.15, 0.2) is 5.76 Å². The Morgan fingerprint density at radius 1 is 1.12 bits per heavy atom. The van der Waals surface area contributed by atoms with Crippen LogP contribution < -0.4 is 5.32 Å². The third-order valence-corrected chi connectivity index (χ3v) is 4.77. The minimum absolute atomic E-state index is 0.206. The Balaban J connectivity index is 1.28. The number of piperazine rings is 1. The quantitative estimate of drug-likeness (QED) is 0.837. The molecule has 0 spiro atoms. The molecule has 1 aliphatic carbocycles. The second kappa shape index (κ2) is 7.29. The van der Waals surface area contributed by atoms with Crippen molar-refractivity contribution in [1.82, 2.24) is 20.3 Å². The standard InChI is InChI=1S/C19H22N4O3/c24-18(20-15-6-7-15)19(25)23-10-8-22(9-11-23)13-16-12-17(21-26-16)14-4-2-1-3-5-14/h1-5,12,15H,6-11,13H2,(H,20,24). The molecule has 26 heavy (non-hydrogen) atoms. The molecule has 2 heterocycles. The molecule has 0 radical (unpaired) electrons. The average Bonchev–Trinajstić information content (AvgIpc) is 3.37. The largest absolute Gasteiger partial charge is 0.359 e. The number of benzene rings is 1. The first kappa shape index (κ1) is 16.8. The number of hydrogen-bond donors (Lipinski definition) is 1. The Morgan fingerprint density at radius 3 is 2.54 bits per heavy atom. The van der Waals surface area contributed by atoms with Gasteiger partial charge in [-0.1, -0.05) is 35.5 Å². The van der Waals surface area contributed by atoms with Crippen molar-refractivity contribution in [2.45, 2.75) is 25.4 Å².